The Morgan fingerprint density at radius 2 is 1.76 bits per heavy atom. The molecule has 1 amide bonds. The van der Waals surface area contributed by atoms with Gasteiger partial charge in [-0.1, -0.05) is 38.1 Å². The third-order valence-corrected chi connectivity index (χ3v) is 6.02. The Balaban J connectivity index is 0.00000385. The number of ether oxygens (including phenoxy) is 1. The molecule has 0 aliphatic carbocycles. The Morgan fingerprint density at radius 1 is 1.12 bits per heavy atom. The van der Waals surface area contributed by atoms with E-state index in [1.807, 2.05) is 18.7 Å². The minimum Gasteiger partial charge on any atom is -0.373 e. The molecule has 33 heavy (non-hydrogen) atoms. The summed E-state index contributed by atoms with van der Waals surface area (Å²) in [6.07, 6.45) is 1.54. The summed E-state index contributed by atoms with van der Waals surface area (Å²) in [4.78, 5) is 21.4. The van der Waals surface area contributed by atoms with Crippen molar-refractivity contribution in [1.29, 1.82) is 0 Å². The number of morpholine rings is 1. The summed E-state index contributed by atoms with van der Waals surface area (Å²) >= 11 is 0. The van der Waals surface area contributed by atoms with Crippen LogP contribution in [0.15, 0.2) is 29.3 Å². The van der Waals surface area contributed by atoms with E-state index in [1.54, 1.807) is 0 Å². The predicted molar refractivity (Wildman–Crippen MR) is 145 cm³/mol. The number of benzene rings is 1. The molecule has 2 saturated heterocycles. The highest BCUT2D eigenvalue weighted by Crippen LogP contribution is 2.16. The molecule has 2 aliphatic heterocycles. The van der Waals surface area contributed by atoms with Gasteiger partial charge in [-0.25, -0.2) is 4.99 Å². The highest BCUT2D eigenvalue weighted by atomic mass is 127. The second-order valence-electron chi connectivity index (χ2n) is 9.53. The number of rotatable bonds is 7. The van der Waals surface area contributed by atoms with Crippen LogP contribution in [-0.2, 0) is 22.6 Å². The summed E-state index contributed by atoms with van der Waals surface area (Å²) in [6, 6.07) is 9.02. The molecule has 0 radical (unpaired) electrons. The van der Waals surface area contributed by atoms with Crippen LogP contribution in [0.25, 0.3) is 0 Å². The standard InChI is InChI=1S/C25H41N5O2.HI/c1-6-26-25(28-23-11-12-30(17-23)24(31)18(2)3)27-13-21-7-9-22(10-8-21)16-29-14-19(4)32-20(5)15-29;/h7-10,18-20,23H,6,11-17H2,1-5H3,(H2,26,27,28);1H. The molecule has 2 aliphatic rings. The van der Waals surface area contributed by atoms with Crippen molar-refractivity contribution >= 4 is 35.8 Å². The van der Waals surface area contributed by atoms with E-state index < -0.39 is 0 Å². The van der Waals surface area contributed by atoms with E-state index in [0.29, 0.717) is 18.8 Å². The molecule has 0 bridgehead atoms. The van der Waals surface area contributed by atoms with Gasteiger partial charge >= 0.3 is 0 Å². The van der Waals surface area contributed by atoms with Crippen LogP contribution >= 0.6 is 24.0 Å². The quantitative estimate of drug-likeness (QED) is 0.299. The minimum absolute atomic E-state index is 0. The van der Waals surface area contributed by atoms with Crippen LogP contribution in [0.3, 0.4) is 0 Å². The zero-order chi connectivity index (χ0) is 23.1. The topological polar surface area (TPSA) is 69.2 Å². The molecule has 0 aromatic heterocycles. The van der Waals surface area contributed by atoms with E-state index in [9.17, 15) is 4.79 Å². The Kier molecular flexibility index (Phi) is 11.4. The van der Waals surface area contributed by atoms with Gasteiger partial charge in [0.05, 0.1) is 18.8 Å². The molecule has 1 aromatic rings. The molecule has 2 heterocycles. The van der Waals surface area contributed by atoms with Crippen molar-refractivity contribution < 1.29 is 9.53 Å². The van der Waals surface area contributed by atoms with Crippen molar-refractivity contribution in [3.63, 3.8) is 0 Å². The van der Waals surface area contributed by atoms with Gasteiger partial charge < -0.3 is 20.3 Å². The number of likely N-dealkylation sites (tertiary alicyclic amines) is 1. The number of guanidine groups is 1. The van der Waals surface area contributed by atoms with E-state index in [0.717, 1.165) is 51.6 Å². The number of amides is 1. The SMILES string of the molecule is CCNC(=NCc1ccc(CN2CC(C)OC(C)C2)cc1)NC1CCN(C(=O)C(C)C)C1.I. The van der Waals surface area contributed by atoms with Crippen molar-refractivity contribution in [3.05, 3.63) is 35.4 Å². The Labute approximate surface area is 216 Å². The first-order valence-corrected chi connectivity index (χ1v) is 12.1. The predicted octanol–water partition coefficient (Wildman–Crippen LogP) is 3.23. The molecule has 2 N–H and O–H groups in total. The molecule has 3 rings (SSSR count). The smallest absolute Gasteiger partial charge is 0.225 e. The highest BCUT2D eigenvalue weighted by Gasteiger charge is 2.28. The summed E-state index contributed by atoms with van der Waals surface area (Å²) in [6.45, 7) is 16.2. The van der Waals surface area contributed by atoms with Gasteiger partial charge in [-0.3, -0.25) is 9.69 Å². The van der Waals surface area contributed by atoms with E-state index >= 15 is 0 Å². The number of carbonyl (C=O) groups excluding carboxylic acids is 1. The minimum atomic E-state index is 0. The molecule has 1 aromatic carbocycles. The molecule has 0 saturated carbocycles. The third kappa shape index (κ3) is 8.72. The Bertz CT molecular complexity index is 761. The fraction of sp³-hybridized carbons (Fsp3) is 0.680. The molecule has 2 fully saturated rings. The van der Waals surface area contributed by atoms with Crippen LogP contribution in [0, 0.1) is 5.92 Å². The average Bonchev–Trinajstić information content (AvgIpc) is 3.20. The van der Waals surface area contributed by atoms with Gasteiger partial charge in [0.2, 0.25) is 5.91 Å². The highest BCUT2D eigenvalue weighted by molar-refractivity contribution is 14.0. The summed E-state index contributed by atoms with van der Waals surface area (Å²) in [7, 11) is 0. The summed E-state index contributed by atoms with van der Waals surface area (Å²) in [5.74, 6) is 1.10. The van der Waals surface area contributed by atoms with Gasteiger partial charge in [0, 0.05) is 51.2 Å². The van der Waals surface area contributed by atoms with Crippen molar-refractivity contribution in [2.45, 2.75) is 72.4 Å². The first-order valence-electron chi connectivity index (χ1n) is 12.1. The number of hydrogen-bond donors (Lipinski definition) is 2. The maximum Gasteiger partial charge on any atom is 0.225 e. The van der Waals surface area contributed by atoms with Crippen LogP contribution in [-0.4, -0.2) is 72.6 Å². The number of hydrogen-bond acceptors (Lipinski definition) is 4. The molecule has 0 spiro atoms. The number of nitrogens with zero attached hydrogens (tertiary/aromatic N) is 3. The van der Waals surface area contributed by atoms with E-state index in [-0.39, 0.29) is 41.8 Å². The molecule has 3 unspecified atom stereocenters. The summed E-state index contributed by atoms with van der Waals surface area (Å²) < 4.78 is 5.84. The first-order chi connectivity index (χ1) is 15.3. The molecule has 8 heteroatoms. The molecule has 3 atom stereocenters. The van der Waals surface area contributed by atoms with E-state index in [4.69, 9.17) is 9.73 Å². The van der Waals surface area contributed by atoms with Gasteiger partial charge in [-0.05, 0) is 38.3 Å². The number of halogens is 1. The fourth-order valence-electron chi connectivity index (χ4n) is 4.55. The van der Waals surface area contributed by atoms with Gasteiger partial charge in [0.1, 0.15) is 0 Å². The van der Waals surface area contributed by atoms with Crippen LogP contribution < -0.4 is 10.6 Å². The van der Waals surface area contributed by atoms with Crippen molar-refractivity contribution in [1.82, 2.24) is 20.4 Å². The molecule has 7 nitrogen and oxygen atoms in total. The molecular weight excluding hydrogens is 529 g/mol. The number of carbonyl (C=O) groups is 1. The van der Waals surface area contributed by atoms with Crippen LogP contribution in [0.5, 0.6) is 0 Å². The first kappa shape index (κ1) is 27.9. The second kappa shape index (κ2) is 13.5. The normalized spacial score (nSPS) is 24.0. The van der Waals surface area contributed by atoms with Crippen LogP contribution in [0.4, 0.5) is 0 Å². The zero-order valence-corrected chi connectivity index (χ0v) is 23.2. The molecular formula is C25H42IN5O2. The van der Waals surface area contributed by atoms with Gasteiger partial charge in [-0.15, -0.1) is 24.0 Å². The number of nitrogens with one attached hydrogen (secondary N) is 2. The summed E-state index contributed by atoms with van der Waals surface area (Å²) in [5.41, 5.74) is 2.52. The maximum atomic E-state index is 12.2. The van der Waals surface area contributed by atoms with Crippen LogP contribution in [0.2, 0.25) is 0 Å². The Hall–Kier alpha value is -1.39. The van der Waals surface area contributed by atoms with E-state index in [2.05, 4.69) is 60.6 Å². The van der Waals surface area contributed by atoms with Crippen molar-refractivity contribution in [3.8, 4) is 0 Å². The maximum absolute atomic E-state index is 12.2. The van der Waals surface area contributed by atoms with Gasteiger partial charge in [0.25, 0.3) is 0 Å². The van der Waals surface area contributed by atoms with Gasteiger partial charge in [0.15, 0.2) is 5.96 Å². The van der Waals surface area contributed by atoms with Gasteiger partial charge in [-0.2, -0.15) is 0 Å². The van der Waals surface area contributed by atoms with Crippen molar-refractivity contribution in [2.75, 3.05) is 32.7 Å². The number of aliphatic imine (C=N–C) groups is 1. The van der Waals surface area contributed by atoms with Crippen molar-refractivity contribution in [2.24, 2.45) is 10.9 Å². The molecule has 186 valence electrons. The lowest BCUT2D eigenvalue weighted by Crippen LogP contribution is -2.45. The Morgan fingerprint density at radius 3 is 2.36 bits per heavy atom. The summed E-state index contributed by atoms with van der Waals surface area (Å²) in [5, 5.41) is 6.85. The zero-order valence-electron chi connectivity index (χ0n) is 20.8. The average molecular weight is 572 g/mol. The largest absolute Gasteiger partial charge is 0.373 e. The van der Waals surface area contributed by atoms with E-state index in [1.165, 1.54) is 11.1 Å². The fourth-order valence-corrected chi connectivity index (χ4v) is 4.55. The second-order valence-corrected chi connectivity index (χ2v) is 9.53. The monoisotopic (exact) mass is 571 g/mol. The lowest BCUT2D eigenvalue weighted by molar-refractivity contribution is -0.133. The lowest BCUT2D eigenvalue weighted by atomic mass is 10.1. The van der Waals surface area contributed by atoms with Crippen LogP contribution in [0.1, 0.15) is 52.2 Å². The lowest BCUT2D eigenvalue weighted by Gasteiger charge is -2.35. The third-order valence-electron chi connectivity index (χ3n) is 6.02.